The molecule has 0 aliphatic carbocycles. The summed E-state index contributed by atoms with van der Waals surface area (Å²) in [6.07, 6.45) is 3.33. The number of aryl methyl sites for hydroxylation is 3. The molecule has 0 aromatic heterocycles. The Labute approximate surface area is 81.0 Å². The molecule has 1 rings (SSSR count). The Balaban J connectivity index is 2.74. The molecule has 0 aliphatic rings. The second-order valence-corrected chi connectivity index (χ2v) is 3.51. The van der Waals surface area contributed by atoms with Gasteiger partial charge in [-0.1, -0.05) is 25.1 Å². The molecule has 2 N–H and O–H groups in total. The average molecular weight is 177 g/mol. The summed E-state index contributed by atoms with van der Waals surface area (Å²) in [7, 11) is 0. The van der Waals surface area contributed by atoms with E-state index in [1.807, 2.05) is 0 Å². The van der Waals surface area contributed by atoms with Crippen LogP contribution in [0.25, 0.3) is 0 Å². The molecule has 0 unspecified atom stereocenters. The van der Waals surface area contributed by atoms with Crippen LogP contribution < -0.4 is 5.73 Å². The van der Waals surface area contributed by atoms with Gasteiger partial charge < -0.3 is 5.73 Å². The summed E-state index contributed by atoms with van der Waals surface area (Å²) < 4.78 is 0. The van der Waals surface area contributed by atoms with Crippen molar-refractivity contribution in [2.75, 3.05) is 6.54 Å². The van der Waals surface area contributed by atoms with Crippen molar-refractivity contribution in [1.82, 2.24) is 0 Å². The summed E-state index contributed by atoms with van der Waals surface area (Å²) >= 11 is 0. The smallest absolute Gasteiger partial charge is 0.00741 e. The van der Waals surface area contributed by atoms with Gasteiger partial charge in [-0.25, -0.2) is 0 Å². The second kappa shape index (κ2) is 5.03. The summed E-state index contributed by atoms with van der Waals surface area (Å²) in [5.74, 6) is 0. The van der Waals surface area contributed by atoms with Crippen LogP contribution in [0.4, 0.5) is 0 Å². The van der Waals surface area contributed by atoms with Crippen LogP contribution >= 0.6 is 0 Å². The fourth-order valence-corrected chi connectivity index (χ4v) is 1.57. The summed E-state index contributed by atoms with van der Waals surface area (Å²) in [5, 5.41) is 0. The van der Waals surface area contributed by atoms with E-state index < -0.39 is 0 Å². The van der Waals surface area contributed by atoms with Crippen LogP contribution in [-0.4, -0.2) is 6.54 Å². The lowest BCUT2D eigenvalue weighted by atomic mass is 10.0. The van der Waals surface area contributed by atoms with Gasteiger partial charge in [-0.3, -0.25) is 0 Å². The van der Waals surface area contributed by atoms with Gasteiger partial charge in [0, 0.05) is 0 Å². The topological polar surface area (TPSA) is 26.0 Å². The molecule has 0 bridgehead atoms. The quantitative estimate of drug-likeness (QED) is 0.751. The van der Waals surface area contributed by atoms with Gasteiger partial charge in [0.1, 0.15) is 0 Å². The zero-order valence-electron chi connectivity index (χ0n) is 8.64. The lowest BCUT2D eigenvalue weighted by Crippen LogP contribution is -2.00. The number of rotatable bonds is 4. The van der Waals surface area contributed by atoms with Crippen molar-refractivity contribution in [3.63, 3.8) is 0 Å². The van der Waals surface area contributed by atoms with Crippen molar-refractivity contribution in [3.05, 3.63) is 34.9 Å². The van der Waals surface area contributed by atoms with E-state index in [4.69, 9.17) is 5.73 Å². The minimum absolute atomic E-state index is 0.787. The molecule has 1 heteroatoms. The van der Waals surface area contributed by atoms with Crippen molar-refractivity contribution in [2.24, 2.45) is 5.73 Å². The first-order chi connectivity index (χ1) is 6.27. The zero-order chi connectivity index (χ0) is 9.68. The van der Waals surface area contributed by atoms with E-state index in [1.54, 1.807) is 0 Å². The minimum atomic E-state index is 0.787. The fourth-order valence-electron chi connectivity index (χ4n) is 1.57. The van der Waals surface area contributed by atoms with Crippen molar-refractivity contribution < 1.29 is 0 Å². The third-order valence-electron chi connectivity index (χ3n) is 2.46. The van der Waals surface area contributed by atoms with Crippen LogP contribution in [0.3, 0.4) is 0 Å². The normalized spacial score (nSPS) is 10.4. The fraction of sp³-hybridized carbons (Fsp3) is 0.500. The Morgan fingerprint density at radius 1 is 1.31 bits per heavy atom. The molecule has 1 aromatic carbocycles. The summed E-state index contributed by atoms with van der Waals surface area (Å²) in [6, 6.07) is 6.74. The molecule has 0 radical (unpaired) electrons. The van der Waals surface area contributed by atoms with Crippen LogP contribution in [0.15, 0.2) is 18.2 Å². The van der Waals surface area contributed by atoms with Crippen LogP contribution in [0, 0.1) is 6.92 Å². The monoisotopic (exact) mass is 177 g/mol. The van der Waals surface area contributed by atoms with Gasteiger partial charge in [-0.05, 0) is 49.4 Å². The van der Waals surface area contributed by atoms with E-state index in [-0.39, 0.29) is 0 Å². The lowest BCUT2D eigenvalue weighted by molar-refractivity contribution is 0.830. The Hall–Kier alpha value is -0.820. The summed E-state index contributed by atoms with van der Waals surface area (Å²) in [6.45, 7) is 5.16. The van der Waals surface area contributed by atoms with E-state index in [2.05, 4.69) is 32.0 Å². The Kier molecular flexibility index (Phi) is 3.97. The SMILES string of the molecule is CCc1cc(CCCN)ccc1C. The first-order valence-electron chi connectivity index (χ1n) is 5.06. The third kappa shape index (κ3) is 2.85. The molecule has 0 aliphatic heterocycles. The van der Waals surface area contributed by atoms with E-state index in [0.717, 1.165) is 25.8 Å². The standard InChI is InChI=1S/C12H19N/c1-3-12-9-11(5-4-8-13)7-6-10(12)2/h6-7,9H,3-5,8,13H2,1-2H3. The van der Waals surface area contributed by atoms with Gasteiger partial charge in [-0.15, -0.1) is 0 Å². The molecule has 1 nitrogen and oxygen atoms in total. The molecule has 0 heterocycles. The highest BCUT2D eigenvalue weighted by Gasteiger charge is 1.97. The Bertz CT molecular complexity index is 266. The van der Waals surface area contributed by atoms with Crippen molar-refractivity contribution in [1.29, 1.82) is 0 Å². The molecule has 72 valence electrons. The van der Waals surface area contributed by atoms with Crippen molar-refractivity contribution >= 4 is 0 Å². The van der Waals surface area contributed by atoms with Crippen LogP contribution in [0.5, 0.6) is 0 Å². The molecule has 0 saturated carbocycles. The molecule has 0 amide bonds. The predicted octanol–water partition coefficient (Wildman–Crippen LogP) is 2.45. The van der Waals surface area contributed by atoms with Gasteiger partial charge in [0.05, 0.1) is 0 Å². The molecule has 0 fully saturated rings. The van der Waals surface area contributed by atoms with Gasteiger partial charge >= 0.3 is 0 Å². The molecule has 1 aromatic rings. The Morgan fingerprint density at radius 2 is 2.08 bits per heavy atom. The first kappa shape index (κ1) is 10.3. The van der Waals surface area contributed by atoms with Crippen LogP contribution in [0.2, 0.25) is 0 Å². The van der Waals surface area contributed by atoms with Crippen LogP contribution in [-0.2, 0) is 12.8 Å². The van der Waals surface area contributed by atoms with Gasteiger partial charge in [-0.2, -0.15) is 0 Å². The van der Waals surface area contributed by atoms with Crippen molar-refractivity contribution in [2.45, 2.75) is 33.1 Å². The Morgan fingerprint density at radius 3 is 2.69 bits per heavy atom. The maximum Gasteiger partial charge on any atom is -0.00741 e. The zero-order valence-corrected chi connectivity index (χ0v) is 8.64. The van der Waals surface area contributed by atoms with Gasteiger partial charge in [0.15, 0.2) is 0 Å². The van der Waals surface area contributed by atoms with E-state index >= 15 is 0 Å². The van der Waals surface area contributed by atoms with E-state index in [9.17, 15) is 0 Å². The number of benzene rings is 1. The predicted molar refractivity (Wildman–Crippen MR) is 57.9 cm³/mol. The van der Waals surface area contributed by atoms with Gasteiger partial charge in [0.25, 0.3) is 0 Å². The number of hydrogen-bond acceptors (Lipinski definition) is 1. The first-order valence-corrected chi connectivity index (χ1v) is 5.06. The highest BCUT2D eigenvalue weighted by molar-refractivity contribution is 5.31. The molecule has 0 atom stereocenters. The third-order valence-corrected chi connectivity index (χ3v) is 2.46. The minimum Gasteiger partial charge on any atom is -0.330 e. The highest BCUT2D eigenvalue weighted by atomic mass is 14.5. The maximum absolute atomic E-state index is 5.48. The summed E-state index contributed by atoms with van der Waals surface area (Å²) in [4.78, 5) is 0. The highest BCUT2D eigenvalue weighted by Crippen LogP contribution is 2.12. The number of hydrogen-bond donors (Lipinski definition) is 1. The second-order valence-electron chi connectivity index (χ2n) is 3.51. The molecular weight excluding hydrogens is 158 g/mol. The van der Waals surface area contributed by atoms with Crippen LogP contribution in [0.1, 0.15) is 30.0 Å². The van der Waals surface area contributed by atoms with E-state index in [1.165, 1.54) is 16.7 Å². The maximum atomic E-state index is 5.48. The molecule has 0 spiro atoms. The lowest BCUT2D eigenvalue weighted by Gasteiger charge is -2.06. The molecule has 13 heavy (non-hydrogen) atoms. The number of nitrogens with two attached hydrogens (primary N) is 1. The van der Waals surface area contributed by atoms with Crippen molar-refractivity contribution in [3.8, 4) is 0 Å². The molecular formula is C12H19N. The van der Waals surface area contributed by atoms with Gasteiger partial charge in [0.2, 0.25) is 0 Å². The summed E-state index contributed by atoms with van der Waals surface area (Å²) in [5.41, 5.74) is 9.77. The largest absolute Gasteiger partial charge is 0.330 e. The molecule has 0 saturated heterocycles. The average Bonchev–Trinajstić information content (AvgIpc) is 2.16. The van der Waals surface area contributed by atoms with E-state index in [0.29, 0.717) is 0 Å².